The van der Waals surface area contributed by atoms with Crippen molar-refractivity contribution < 1.29 is 0 Å². The zero-order chi connectivity index (χ0) is 15.5. The zero-order valence-electron chi connectivity index (χ0n) is 14.6. The summed E-state index contributed by atoms with van der Waals surface area (Å²) in [6.45, 7) is 11.8. The van der Waals surface area contributed by atoms with E-state index < -0.39 is 0 Å². The Morgan fingerprint density at radius 1 is 0.857 bits per heavy atom. The summed E-state index contributed by atoms with van der Waals surface area (Å²) in [7, 11) is 0. The van der Waals surface area contributed by atoms with Crippen LogP contribution in [0.4, 0.5) is 0 Å². The van der Waals surface area contributed by atoms with Crippen molar-refractivity contribution in [3.8, 4) is 0 Å². The average Bonchev–Trinajstić information content (AvgIpc) is 2.51. The average molecular weight is 290 g/mol. The summed E-state index contributed by atoms with van der Waals surface area (Å²) < 4.78 is 0. The maximum Gasteiger partial charge on any atom is 0.0373 e. The van der Waals surface area contributed by atoms with Crippen molar-refractivity contribution in [2.24, 2.45) is 5.92 Å². The van der Waals surface area contributed by atoms with E-state index in [0.29, 0.717) is 6.04 Å². The van der Waals surface area contributed by atoms with Crippen molar-refractivity contribution in [3.05, 3.63) is 35.9 Å². The highest BCUT2D eigenvalue weighted by Crippen LogP contribution is 2.32. The topological polar surface area (TPSA) is 3.24 Å². The van der Waals surface area contributed by atoms with E-state index in [-0.39, 0.29) is 0 Å². The highest BCUT2D eigenvalue weighted by atomic mass is 15.2. The molecule has 0 amide bonds. The van der Waals surface area contributed by atoms with Crippen molar-refractivity contribution in [1.29, 1.82) is 0 Å². The number of hydrogen-bond donors (Lipinski definition) is 0. The first kappa shape index (κ1) is 18.2. The van der Waals surface area contributed by atoms with E-state index in [1.54, 1.807) is 0 Å². The molecule has 0 saturated carbocycles. The fourth-order valence-corrected chi connectivity index (χ4v) is 3.28. The van der Waals surface area contributed by atoms with Crippen LogP contribution in [-0.2, 0) is 0 Å². The fourth-order valence-electron chi connectivity index (χ4n) is 3.28. The van der Waals surface area contributed by atoms with Crippen molar-refractivity contribution in [1.82, 2.24) is 4.90 Å². The first-order chi connectivity index (χ1) is 10.2. The van der Waals surface area contributed by atoms with Gasteiger partial charge >= 0.3 is 0 Å². The second-order valence-corrected chi connectivity index (χ2v) is 6.36. The summed E-state index contributed by atoms with van der Waals surface area (Å²) >= 11 is 0. The molecule has 1 rings (SSSR count). The molecule has 120 valence electrons. The normalized spacial score (nSPS) is 14.3. The minimum absolute atomic E-state index is 0.587. The first-order valence-electron chi connectivity index (χ1n) is 9.03. The first-order valence-corrected chi connectivity index (χ1v) is 9.03. The molecule has 0 N–H and O–H groups in total. The summed E-state index contributed by atoms with van der Waals surface area (Å²) in [6.07, 6.45) is 7.78. The van der Waals surface area contributed by atoms with Crippen LogP contribution in [0.5, 0.6) is 0 Å². The SMILES string of the molecule is CCCCN(CCCC)C(c1ccccc1)C(C)CCC. The largest absolute Gasteiger partial charge is 0.296 e. The number of rotatable bonds is 11. The summed E-state index contributed by atoms with van der Waals surface area (Å²) in [5, 5.41) is 0. The van der Waals surface area contributed by atoms with Gasteiger partial charge in [0.2, 0.25) is 0 Å². The summed E-state index contributed by atoms with van der Waals surface area (Å²) in [6, 6.07) is 11.7. The summed E-state index contributed by atoms with van der Waals surface area (Å²) in [4.78, 5) is 2.75. The Kier molecular flexibility index (Phi) is 9.41. The molecule has 0 fully saturated rings. The van der Waals surface area contributed by atoms with Crippen LogP contribution in [0.25, 0.3) is 0 Å². The van der Waals surface area contributed by atoms with Crippen molar-refractivity contribution >= 4 is 0 Å². The maximum absolute atomic E-state index is 2.75. The second-order valence-electron chi connectivity index (χ2n) is 6.36. The van der Waals surface area contributed by atoms with E-state index in [1.807, 2.05) is 0 Å². The van der Waals surface area contributed by atoms with E-state index >= 15 is 0 Å². The van der Waals surface area contributed by atoms with Crippen LogP contribution in [0.1, 0.15) is 77.8 Å². The minimum atomic E-state index is 0.587. The highest BCUT2D eigenvalue weighted by molar-refractivity contribution is 5.19. The zero-order valence-corrected chi connectivity index (χ0v) is 14.6. The standard InChI is InChI=1S/C20H35N/c1-5-8-16-21(17-9-6-2)20(18(4)13-7-3)19-14-11-10-12-15-19/h10-12,14-15,18,20H,5-9,13,16-17H2,1-4H3. The molecule has 0 radical (unpaired) electrons. The molecule has 1 aromatic carbocycles. The lowest BCUT2D eigenvalue weighted by molar-refractivity contribution is 0.138. The summed E-state index contributed by atoms with van der Waals surface area (Å²) in [5.41, 5.74) is 1.51. The highest BCUT2D eigenvalue weighted by Gasteiger charge is 2.24. The number of unbranched alkanes of at least 4 members (excludes halogenated alkanes) is 2. The Balaban J connectivity index is 2.93. The third kappa shape index (κ3) is 6.22. The molecule has 0 aliphatic carbocycles. The van der Waals surface area contributed by atoms with Gasteiger partial charge in [0.15, 0.2) is 0 Å². The van der Waals surface area contributed by atoms with E-state index in [0.717, 1.165) is 5.92 Å². The smallest absolute Gasteiger partial charge is 0.0373 e. The molecule has 0 spiro atoms. The Bertz CT molecular complexity index is 338. The molecule has 21 heavy (non-hydrogen) atoms. The maximum atomic E-state index is 2.75. The van der Waals surface area contributed by atoms with Crippen molar-refractivity contribution in [3.63, 3.8) is 0 Å². The van der Waals surface area contributed by atoms with Crippen LogP contribution >= 0.6 is 0 Å². The fraction of sp³-hybridized carbons (Fsp3) is 0.700. The van der Waals surface area contributed by atoms with Crippen LogP contribution in [0.15, 0.2) is 30.3 Å². The van der Waals surface area contributed by atoms with E-state index in [2.05, 4.69) is 62.9 Å². The van der Waals surface area contributed by atoms with Gasteiger partial charge in [0.25, 0.3) is 0 Å². The van der Waals surface area contributed by atoms with Crippen molar-refractivity contribution in [2.45, 2.75) is 72.3 Å². The molecule has 0 heterocycles. The third-order valence-corrected chi connectivity index (χ3v) is 4.42. The van der Waals surface area contributed by atoms with Gasteiger partial charge in [-0.2, -0.15) is 0 Å². The molecular weight excluding hydrogens is 254 g/mol. The van der Waals surface area contributed by atoms with Crippen LogP contribution < -0.4 is 0 Å². The van der Waals surface area contributed by atoms with Crippen LogP contribution in [0, 0.1) is 5.92 Å². The van der Waals surface area contributed by atoms with Gasteiger partial charge in [-0.05, 0) is 43.8 Å². The Morgan fingerprint density at radius 2 is 1.43 bits per heavy atom. The Labute approximate surface area is 132 Å². The van der Waals surface area contributed by atoms with Gasteiger partial charge in [0.1, 0.15) is 0 Å². The molecule has 2 atom stereocenters. The van der Waals surface area contributed by atoms with Gasteiger partial charge in [-0.25, -0.2) is 0 Å². The molecular formula is C20H35N. The Morgan fingerprint density at radius 3 is 1.90 bits per heavy atom. The second kappa shape index (κ2) is 10.8. The van der Waals surface area contributed by atoms with Gasteiger partial charge in [0, 0.05) is 6.04 Å². The lowest BCUT2D eigenvalue weighted by Crippen LogP contribution is -2.34. The van der Waals surface area contributed by atoms with Crippen LogP contribution in [0.3, 0.4) is 0 Å². The molecule has 0 aromatic heterocycles. The summed E-state index contributed by atoms with van der Waals surface area (Å²) in [5.74, 6) is 0.728. The van der Waals surface area contributed by atoms with Gasteiger partial charge in [-0.15, -0.1) is 0 Å². The Hall–Kier alpha value is -0.820. The molecule has 0 bridgehead atoms. The number of nitrogens with zero attached hydrogens (tertiary/aromatic N) is 1. The lowest BCUT2D eigenvalue weighted by Gasteiger charge is -2.36. The van der Waals surface area contributed by atoms with Gasteiger partial charge in [-0.3, -0.25) is 4.90 Å². The lowest BCUT2D eigenvalue weighted by atomic mass is 9.89. The van der Waals surface area contributed by atoms with Gasteiger partial charge in [0.05, 0.1) is 0 Å². The predicted octanol–water partition coefficient (Wildman–Crippen LogP) is 6.07. The van der Waals surface area contributed by atoms with E-state index in [9.17, 15) is 0 Å². The van der Waals surface area contributed by atoms with Crippen molar-refractivity contribution in [2.75, 3.05) is 13.1 Å². The number of benzene rings is 1. The molecule has 1 heteroatoms. The minimum Gasteiger partial charge on any atom is -0.296 e. The van der Waals surface area contributed by atoms with Crippen LogP contribution in [-0.4, -0.2) is 18.0 Å². The molecule has 2 unspecified atom stereocenters. The molecule has 1 nitrogen and oxygen atoms in total. The van der Waals surface area contributed by atoms with Gasteiger partial charge < -0.3 is 0 Å². The monoisotopic (exact) mass is 289 g/mol. The van der Waals surface area contributed by atoms with E-state index in [4.69, 9.17) is 0 Å². The molecule has 1 aromatic rings. The van der Waals surface area contributed by atoms with E-state index in [1.165, 1.54) is 57.2 Å². The van der Waals surface area contributed by atoms with Crippen LogP contribution in [0.2, 0.25) is 0 Å². The molecule has 0 aliphatic rings. The molecule has 0 saturated heterocycles. The number of hydrogen-bond acceptors (Lipinski definition) is 1. The predicted molar refractivity (Wildman–Crippen MR) is 94.6 cm³/mol. The third-order valence-electron chi connectivity index (χ3n) is 4.42. The van der Waals surface area contributed by atoms with Gasteiger partial charge in [-0.1, -0.05) is 77.3 Å². The molecule has 0 aliphatic heterocycles. The quantitative estimate of drug-likeness (QED) is 0.478.